The van der Waals surface area contributed by atoms with Gasteiger partial charge in [-0.15, -0.1) is 0 Å². The molecular weight excluding hydrogens is 368 g/mol. The monoisotopic (exact) mass is 394 g/mol. The lowest BCUT2D eigenvalue weighted by atomic mass is 9.97. The largest absolute Gasteiger partial charge is 0.493 e. The standard InChI is InChI=1S/C22H26N4O3/c1-13(2)14-5-7-15(8-6-14)17-12-18(25-24-17)22-23-21(26-29-22)16-9-10-19(27-3)20(11-16)28-4/h5-11,13,17-18,24-25H,12H2,1-4H3. The highest BCUT2D eigenvalue weighted by molar-refractivity contribution is 5.60. The minimum Gasteiger partial charge on any atom is -0.493 e. The molecule has 1 aromatic heterocycles. The van der Waals surface area contributed by atoms with E-state index >= 15 is 0 Å². The van der Waals surface area contributed by atoms with Crippen molar-refractivity contribution in [2.24, 2.45) is 0 Å². The van der Waals surface area contributed by atoms with E-state index in [1.807, 2.05) is 18.2 Å². The van der Waals surface area contributed by atoms with Gasteiger partial charge in [0.25, 0.3) is 0 Å². The van der Waals surface area contributed by atoms with Gasteiger partial charge in [-0.3, -0.25) is 0 Å². The Hall–Kier alpha value is -2.90. The number of rotatable bonds is 6. The van der Waals surface area contributed by atoms with Gasteiger partial charge in [0.15, 0.2) is 11.5 Å². The molecule has 2 unspecified atom stereocenters. The van der Waals surface area contributed by atoms with E-state index in [-0.39, 0.29) is 12.1 Å². The second-order valence-electron chi connectivity index (χ2n) is 7.48. The third-order valence-corrected chi connectivity index (χ3v) is 5.29. The van der Waals surface area contributed by atoms with Gasteiger partial charge in [0, 0.05) is 11.6 Å². The summed E-state index contributed by atoms with van der Waals surface area (Å²) in [6.07, 6.45) is 0.828. The molecule has 152 valence electrons. The van der Waals surface area contributed by atoms with Crippen molar-refractivity contribution in [3.8, 4) is 22.9 Å². The molecule has 0 amide bonds. The normalized spacial score (nSPS) is 18.9. The zero-order chi connectivity index (χ0) is 20.4. The van der Waals surface area contributed by atoms with E-state index in [2.05, 4.69) is 59.1 Å². The molecular formula is C22H26N4O3. The highest BCUT2D eigenvalue weighted by Crippen LogP contribution is 2.34. The molecule has 2 atom stereocenters. The van der Waals surface area contributed by atoms with Gasteiger partial charge in [-0.05, 0) is 41.7 Å². The Morgan fingerprint density at radius 2 is 1.69 bits per heavy atom. The van der Waals surface area contributed by atoms with E-state index < -0.39 is 0 Å². The first-order valence-electron chi connectivity index (χ1n) is 9.76. The summed E-state index contributed by atoms with van der Waals surface area (Å²) in [6.45, 7) is 4.40. The second-order valence-corrected chi connectivity index (χ2v) is 7.48. The van der Waals surface area contributed by atoms with E-state index in [1.165, 1.54) is 11.1 Å². The van der Waals surface area contributed by atoms with E-state index in [0.717, 1.165) is 12.0 Å². The van der Waals surface area contributed by atoms with Gasteiger partial charge in [0.2, 0.25) is 11.7 Å². The summed E-state index contributed by atoms with van der Waals surface area (Å²) in [7, 11) is 3.21. The Morgan fingerprint density at radius 1 is 0.966 bits per heavy atom. The molecule has 2 aromatic carbocycles. The third kappa shape index (κ3) is 3.97. The molecule has 0 bridgehead atoms. The number of ether oxygens (including phenoxy) is 2. The summed E-state index contributed by atoms with van der Waals surface area (Å²) < 4.78 is 16.2. The maximum Gasteiger partial charge on any atom is 0.245 e. The fourth-order valence-corrected chi connectivity index (χ4v) is 3.52. The predicted molar refractivity (Wildman–Crippen MR) is 110 cm³/mol. The van der Waals surface area contributed by atoms with Crippen LogP contribution in [0.4, 0.5) is 0 Å². The number of nitrogens with zero attached hydrogens (tertiary/aromatic N) is 2. The Morgan fingerprint density at radius 3 is 2.38 bits per heavy atom. The molecule has 0 aliphatic carbocycles. The molecule has 7 heteroatoms. The number of hydrogen-bond acceptors (Lipinski definition) is 7. The molecule has 4 rings (SSSR count). The Balaban J connectivity index is 1.48. The molecule has 1 fully saturated rings. The van der Waals surface area contributed by atoms with Crippen LogP contribution in [0, 0.1) is 0 Å². The van der Waals surface area contributed by atoms with Crippen LogP contribution in [0.25, 0.3) is 11.4 Å². The van der Waals surface area contributed by atoms with Gasteiger partial charge in [0.1, 0.15) is 6.04 Å². The average molecular weight is 394 g/mol. The zero-order valence-electron chi connectivity index (χ0n) is 17.1. The van der Waals surface area contributed by atoms with Crippen LogP contribution in [-0.2, 0) is 0 Å². The summed E-state index contributed by atoms with van der Waals surface area (Å²) in [5.74, 6) is 2.89. The summed E-state index contributed by atoms with van der Waals surface area (Å²) in [6, 6.07) is 14.4. The number of nitrogens with one attached hydrogen (secondary N) is 2. The molecule has 3 aromatic rings. The number of methoxy groups -OCH3 is 2. The number of hydrogen-bond donors (Lipinski definition) is 2. The SMILES string of the molecule is COc1ccc(-c2noc(C3CC(c4ccc(C(C)C)cc4)NN3)n2)cc1OC. The van der Waals surface area contributed by atoms with Gasteiger partial charge in [-0.1, -0.05) is 43.3 Å². The van der Waals surface area contributed by atoms with Gasteiger partial charge in [-0.25, -0.2) is 10.9 Å². The van der Waals surface area contributed by atoms with Crippen molar-refractivity contribution in [2.75, 3.05) is 14.2 Å². The first-order valence-corrected chi connectivity index (χ1v) is 9.76. The van der Waals surface area contributed by atoms with E-state index in [4.69, 9.17) is 14.0 Å². The van der Waals surface area contributed by atoms with E-state index in [0.29, 0.717) is 29.1 Å². The van der Waals surface area contributed by atoms with Crippen LogP contribution in [0.5, 0.6) is 11.5 Å². The van der Waals surface area contributed by atoms with Crippen LogP contribution >= 0.6 is 0 Å². The van der Waals surface area contributed by atoms with Crippen LogP contribution in [0.1, 0.15) is 55.3 Å². The molecule has 1 saturated heterocycles. The van der Waals surface area contributed by atoms with Crippen molar-refractivity contribution >= 4 is 0 Å². The summed E-state index contributed by atoms with van der Waals surface area (Å²) >= 11 is 0. The number of aromatic nitrogens is 2. The molecule has 0 saturated carbocycles. The van der Waals surface area contributed by atoms with Crippen molar-refractivity contribution in [3.05, 3.63) is 59.5 Å². The minimum atomic E-state index is -0.0498. The number of hydrazine groups is 1. The second kappa shape index (κ2) is 8.23. The third-order valence-electron chi connectivity index (χ3n) is 5.29. The summed E-state index contributed by atoms with van der Waals surface area (Å²) in [5.41, 5.74) is 10.0. The Labute approximate surface area is 170 Å². The van der Waals surface area contributed by atoms with E-state index in [9.17, 15) is 0 Å². The van der Waals surface area contributed by atoms with Crippen molar-refractivity contribution in [3.63, 3.8) is 0 Å². The molecule has 1 aliphatic heterocycles. The average Bonchev–Trinajstić information content (AvgIpc) is 3.43. The zero-order valence-corrected chi connectivity index (χ0v) is 17.1. The highest BCUT2D eigenvalue weighted by Gasteiger charge is 2.30. The quantitative estimate of drug-likeness (QED) is 0.650. The van der Waals surface area contributed by atoms with Crippen LogP contribution in [-0.4, -0.2) is 24.4 Å². The van der Waals surface area contributed by atoms with Crippen LogP contribution in [0.15, 0.2) is 47.0 Å². The van der Waals surface area contributed by atoms with Crippen molar-refractivity contribution < 1.29 is 14.0 Å². The van der Waals surface area contributed by atoms with Gasteiger partial charge in [0.05, 0.1) is 14.2 Å². The fraction of sp³-hybridized carbons (Fsp3) is 0.364. The molecule has 1 aliphatic rings. The smallest absolute Gasteiger partial charge is 0.245 e. The lowest BCUT2D eigenvalue weighted by Gasteiger charge is -2.11. The van der Waals surface area contributed by atoms with Gasteiger partial charge < -0.3 is 14.0 Å². The minimum absolute atomic E-state index is 0.0498. The van der Waals surface area contributed by atoms with Crippen molar-refractivity contribution in [2.45, 2.75) is 38.3 Å². The fourth-order valence-electron chi connectivity index (χ4n) is 3.52. The number of benzene rings is 2. The lowest BCUT2D eigenvalue weighted by molar-refractivity contribution is 0.340. The first kappa shape index (κ1) is 19.4. The summed E-state index contributed by atoms with van der Waals surface area (Å²) in [5, 5.41) is 4.14. The maximum atomic E-state index is 5.53. The first-order chi connectivity index (χ1) is 14.1. The van der Waals surface area contributed by atoms with Crippen LogP contribution in [0.3, 0.4) is 0 Å². The van der Waals surface area contributed by atoms with Crippen LogP contribution < -0.4 is 20.3 Å². The highest BCUT2D eigenvalue weighted by atomic mass is 16.5. The van der Waals surface area contributed by atoms with Gasteiger partial charge in [-0.2, -0.15) is 4.98 Å². The Bertz CT molecular complexity index is 968. The predicted octanol–water partition coefficient (Wildman–Crippen LogP) is 4.16. The molecule has 2 N–H and O–H groups in total. The lowest BCUT2D eigenvalue weighted by Crippen LogP contribution is -2.26. The van der Waals surface area contributed by atoms with Crippen molar-refractivity contribution in [1.82, 2.24) is 21.0 Å². The molecule has 2 heterocycles. The summed E-state index contributed by atoms with van der Waals surface area (Å²) in [4.78, 5) is 4.58. The molecule has 7 nitrogen and oxygen atoms in total. The maximum absolute atomic E-state index is 5.53. The van der Waals surface area contributed by atoms with Crippen LogP contribution in [0.2, 0.25) is 0 Å². The molecule has 29 heavy (non-hydrogen) atoms. The topological polar surface area (TPSA) is 81.4 Å². The molecule has 0 spiro atoms. The van der Waals surface area contributed by atoms with Crippen molar-refractivity contribution in [1.29, 1.82) is 0 Å². The molecule has 0 radical (unpaired) electrons. The van der Waals surface area contributed by atoms with E-state index in [1.54, 1.807) is 14.2 Å². The Kier molecular flexibility index (Phi) is 5.51. The van der Waals surface area contributed by atoms with Gasteiger partial charge >= 0.3 is 0 Å².